The van der Waals surface area contributed by atoms with Crippen molar-refractivity contribution in [3.05, 3.63) is 34.5 Å². The first-order valence-electron chi connectivity index (χ1n) is 7.33. The van der Waals surface area contributed by atoms with E-state index in [1.807, 2.05) is 0 Å². The van der Waals surface area contributed by atoms with Crippen molar-refractivity contribution in [1.82, 2.24) is 14.4 Å². The Balaban J connectivity index is 1.68. The van der Waals surface area contributed by atoms with Gasteiger partial charge in [-0.15, -0.1) is 11.3 Å². The van der Waals surface area contributed by atoms with Gasteiger partial charge in [-0.25, -0.2) is 13.2 Å². The number of carbonyl (C=O) groups excluding carboxylic acids is 1. The van der Waals surface area contributed by atoms with Crippen LogP contribution in [0, 0.1) is 6.92 Å². The summed E-state index contributed by atoms with van der Waals surface area (Å²) in [5.74, 6) is -0.953. The van der Waals surface area contributed by atoms with Gasteiger partial charge in [-0.05, 0) is 13.0 Å². The van der Waals surface area contributed by atoms with Crippen LogP contribution in [-0.4, -0.2) is 65.9 Å². The number of carboxylic acid groups (broad SMARTS) is 1. The maximum atomic E-state index is 12.6. The molecule has 0 bridgehead atoms. The number of hydrogen-bond acceptors (Lipinski definition) is 7. The molecule has 3 heterocycles. The van der Waals surface area contributed by atoms with Crippen LogP contribution in [0.5, 0.6) is 0 Å². The van der Waals surface area contributed by atoms with Crippen molar-refractivity contribution in [1.29, 1.82) is 0 Å². The summed E-state index contributed by atoms with van der Waals surface area (Å²) < 4.78 is 31.3. The molecular weight excluding hydrogens is 370 g/mol. The molecule has 0 unspecified atom stereocenters. The maximum absolute atomic E-state index is 12.6. The minimum atomic E-state index is -3.77. The lowest BCUT2D eigenvalue weighted by Gasteiger charge is -2.33. The topological polar surface area (TPSA) is 121 Å². The van der Waals surface area contributed by atoms with Gasteiger partial charge in [0.25, 0.3) is 15.9 Å². The fourth-order valence-electron chi connectivity index (χ4n) is 2.45. The number of sulfonamides is 1. The van der Waals surface area contributed by atoms with Gasteiger partial charge in [0, 0.05) is 37.6 Å². The SMILES string of the molecule is Cc1cc(C(=O)N2CCN(S(=O)(=O)c3cc(C(=O)O)cs3)CC2)no1. The molecule has 0 saturated carbocycles. The molecule has 1 aliphatic heterocycles. The summed E-state index contributed by atoms with van der Waals surface area (Å²) in [4.78, 5) is 24.7. The highest BCUT2D eigenvalue weighted by molar-refractivity contribution is 7.91. The molecule has 1 amide bonds. The smallest absolute Gasteiger partial charge is 0.336 e. The van der Waals surface area contributed by atoms with Gasteiger partial charge in [-0.3, -0.25) is 4.79 Å². The minimum absolute atomic E-state index is 0.0168. The van der Waals surface area contributed by atoms with Crippen molar-refractivity contribution in [3.8, 4) is 0 Å². The molecule has 25 heavy (non-hydrogen) atoms. The van der Waals surface area contributed by atoms with E-state index in [1.54, 1.807) is 6.92 Å². The Morgan fingerprint density at radius 1 is 1.24 bits per heavy atom. The van der Waals surface area contributed by atoms with Crippen LogP contribution >= 0.6 is 11.3 Å². The number of piperazine rings is 1. The van der Waals surface area contributed by atoms with Crippen molar-refractivity contribution in [3.63, 3.8) is 0 Å². The standard InChI is InChI=1S/C14H15N3O6S2/c1-9-6-11(15-23-9)13(18)16-2-4-17(5-3-16)25(21,22)12-7-10(8-24-12)14(19)20/h6-8H,2-5H2,1H3,(H,19,20). The number of amides is 1. The van der Waals surface area contributed by atoms with E-state index in [-0.39, 0.29) is 47.6 Å². The van der Waals surface area contributed by atoms with Crippen LogP contribution in [-0.2, 0) is 10.0 Å². The van der Waals surface area contributed by atoms with Gasteiger partial charge in [0.1, 0.15) is 9.97 Å². The zero-order valence-electron chi connectivity index (χ0n) is 13.2. The lowest BCUT2D eigenvalue weighted by Crippen LogP contribution is -2.50. The molecule has 2 aromatic heterocycles. The van der Waals surface area contributed by atoms with Crippen molar-refractivity contribution < 1.29 is 27.6 Å². The molecule has 0 spiro atoms. The number of rotatable bonds is 4. The van der Waals surface area contributed by atoms with E-state index >= 15 is 0 Å². The third kappa shape index (κ3) is 3.43. The molecule has 2 aromatic rings. The molecule has 1 saturated heterocycles. The largest absolute Gasteiger partial charge is 0.478 e. The van der Waals surface area contributed by atoms with Gasteiger partial charge in [0.2, 0.25) is 0 Å². The molecule has 1 aliphatic rings. The summed E-state index contributed by atoms with van der Waals surface area (Å²) in [5, 5.41) is 13.9. The van der Waals surface area contributed by atoms with Crippen LogP contribution in [0.4, 0.5) is 0 Å². The monoisotopic (exact) mass is 385 g/mol. The summed E-state index contributed by atoms with van der Waals surface area (Å²) in [6, 6.07) is 2.68. The van der Waals surface area contributed by atoms with E-state index < -0.39 is 16.0 Å². The van der Waals surface area contributed by atoms with Crippen molar-refractivity contribution in [2.75, 3.05) is 26.2 Å². The first kappa shape index (κ1) is 17.6. The first-order valence-corrected chi connectivity index (χ1v) is 9.65. The van der Waals surface area contributed by atoms with Gasteiger partial charge in [0.15, 0.2) is 5.69 Å². The highest BCUT2D eigenvalue weighted by Gasteiger charge is 2.32. The fourth-order valence-corrected chi connectivity index (χ4v) is 5.18. The van der Waals surface area contributed by atoms with Gasteiger partial charge < -0.3 is 14.5 Å². The summed E-state index contributed by atoms with van der Waals surface area (Å²) >= 11 is 0.872. The maximum Gasteiger partial charge on any atom is 0.336 e. The predicted molar refractivity (Wildman–Crippen MR) is 87.2 cm³/mol. The quantitative estimate of drug-likeness (QED) is 0.829. The molecule has 134 valence electrons. The van der Waals surface area contributed by atoms with E-state index in [4.69, 9.17) is 9.63 Å². The Morgan fingerprint density at radius 3 is 2.44 bits per heavy atom. The lowest BCUT2D eigenvalue weighted by atomic mass is 10.3. The van der Waals surface area contributed by atoms with Crippen LogP contribution in [0.25, 0.3) is 0 Å². The highest BCUT2D eigenvalue weighted by atomic mass is 32.2. The molecule has 0 radical (unpaired) electrons. The van der Waals surface area contributed by atoms with E-state index in [1.165, 1.54) is 20.7 Å². The van der Waals surface area contributed by atoms with Crippen LogP contribution in [0.2, 0.25) is 0 Å². The predicted octanol–water partition coefficient (Wildman–Crippen LogP) is 0.889. The summed E-state index contributed by atoms with van der Waals surface area (Å²) in [5.41, 5.74) is 0.136. The lowest BCUT2D eigenvalue weighted by molar-refractivity contribution is 0.0682. The minimum Gasteiger partial charge on any atom is -0.478 e. The highest BCUT2D eigenvalue weighted by Crippen LogP contribution is 2.25. The Morgan fingerprint density at radius 2 is 1.92 bits per heavy atom. The third-order valence-corrected chi connectivity index (χ3v) is 7.10. The van der Waals surface area contributed by atoms with Crippen molar-refractivity contribution in [2.45, 2.75) is 11.1 Å². The first-order chi connectivity index (χ1) is 11.8. The second-order valence-electron chi connectivity index (χ2n) is 5.48. The molecule has 9 nitrogen and oxygen atoms in total. The molecule has 0 aromatic carbocycles. The van der Waals surface area contributed by atoms with Gasteiger partial charge >= 0.3 is 5.97 Å². The number of thiophene rings is 1. The number of hydrogen-bond donors (Lipinski definition) is 1. The Labute approximate surface area is 147 Å². The van der Waals surface area contributed by atoms with Crippen molar-refractivity contribution in [2.24, 2.45) is 0 Å². The van der Waals surface area contributed by atoms with Gasteiger partial charge in [-0.1, -0.05) is 5.16 Å². The number of aromatic carboxylic acids is 1. The van der Waals surface area contributed by atoms with Crippen molar-refractivity contribution >= 4 is 33.2 Å². The molecule has 0 atom stereocenters. The normalized spacial score (nSPS) is 16.1. The number of aryl methyl sites for hydroxylation is 1. The van der Waals surface area contributed by atoms with Crippen LogP contribution in [0.1, 0.15) is 26.6 Å². The van der Waals surface area contributed by atoms with Gasteiger partial charge in [0.05, 0.1) is 5.56 Å². The van der Waals surface area contributed by atoms with Gasteiger partial charge in [-0.2, -0.15) is 4.31 Å². The average molecular weight is 385 g/mol. The Hall–Kier alpha value is -2.24. The summed E-state index contributed by atoms with van der Waals surface area (Å²) in [6.07, 6.45) is 0. The zero-order chi connectivity index (χ0) is 18.2. The summed E-state index contributed by atoms with van der Waals surface area (Å²) in [7, 11) is -3.77. The Kier molecular flexibility index (Phi) is 4.62. The average Bonchev–Trinajstić information content (AvgIpc) is 3.24. The zero-order valence-corrected chi connectivity index (χ0v) is 14.8. The van der Waals surface area contributed by atoms with Crippen LogP contribution in [0.15, 0.2) is 26.2 Å². The number of carbonyl (C=O) groups is 2. The second-order valence-corrected chi connectivity index (χ2v) is 8.55. The Bertz CT molecular complexity index is 909. The van der Waals surface area contributed by atoms with E-state index in [0.29, 0.717) is 5.76 Å². The third-order valence-electron chi connectivity index (χ3n) is 3.79. The number of carboxylic acids is 1. The van der Waals surface area contributed by atoms with E-state index in [2.05, 4.69) is 5.16 Å². The fraction of sp³-hybridized carbons (Fsp3) is 0.357. The van der Waals surface area contributed by atoms with E-state index in [0.717, 1.165) is 17.4 Å². The van der Waals surface area contributed by atoms with Crippen LogP contribution in [0.3, 0.4) is 0 Å². The van der Waals surface area contributed by atoms with E-state index in [9.17, 15) is 18.0 Å². The van der Waals surface area contributed by atoms with Crippen LogP contribution < -0.4 is 0 Å². The molecule has 0 aliphatic carbocycles. The molecular formula is C14H15N3O6S2. The number of aromatic nitrogens is 1. The number of nitrogens with zero attached hydrogens (tertiary/aromatic N) is 3. The molecule has 1 fully saturated rings. The summed E-state index contributed by atoms with van der Waals surface area (Å²) in [6.45, 7) is 2.39. The molecule has 3 rings (SSSR count). The molecule has 1 N–H and O–H groups in total. The molecule has 11 heteroatoms. The second kappa shape index (κ2) is 6.58.